The molecule has 0 unspecified atom stereocenters. The van der Waals surface area contributed by atoms with Gasteiger partial charge in [0.1, 0.15) is 11.2 Å². The molecule has 1 aromatic heterocycles. The third-order valence-electron chi connectivity index (χ3n) is 6.48. The molecule has 0 aliphatic heterocycles. The van der Waals surface area contributed by atoms with Crippen molar-refractivity contribution in [3.05, 3.63) is 108 Å². The summed E-state index contributed by atoms with van der Waals surface area (Å²) in [7, 11) is 0. The highest BCUT2D eigenvalue weighted by molar-refractivity contribution is 6.19. The third-order valence-corrected chi connectivity index (χ3v) is 6.48. The fraction of sp³-hybridized carbons (Fsp3) is 0.0345. The Morgan fingerprint density at radius 1 is 0.500 bits per heavy atom. The molecule has 1 heteroatoms. The van der Waals surface area contributed by atoms with Gasteiger partial charge in [-0.05, 0) is 63.4 Å². The lowest BCUT2D eigenvalue weighted by Gasteiger charge is -2.08. The molecule has 0 N–H and O–H groups in total. The third kappa shape index (κ3) is 2.12. The molecule has 0 bridgehead atoms. The standard InChI is InChI=1S/C29H18O/c1-2-8-18(9-3-1)24-17-27-26-16-25-20(14-19-10-4-5-11-21(19)25)15-28(26)30-29(27)23-13-7-6-12-22(23)24/h1-13,15-17H,14H2. The van der Waals surface area contributed by atoms with Crippen LogP contribution in [0.3, 0.4) is 0 Å². The Labute approximate surface area is 174 Å². The second kappa shape index (κ2) is 5.84. The van der Waals surface area contributed by atoms with Crippen LogP contribution in [0.4, 0.5) is 0 Å². The number of hydrogen-bond acceptors (Lipinski definition) is 1. The van der Waals surface area contributed by atoms with Crippen molar-refractivity contribution >= 4 is 32.7 Å². The minimum absolute atomic E-state index is 0.979. The van der Waals surface area contributed by atoms with Crippen LogP contribution in [0.1, 0.15) is 11.1 Å². The molecule has 5 aromatic carbocycles. The first-order valence-corrected chi connectivity index (χ1v) is 10.4. The lowest BCUT2D eigenvalue weighted by Crippen LogP contribution is -1.83. The first-order chi connectivity index (χ1) is 14.9. The van der Waals surface area contributed by atoms with Gasteiger partial charge in [0, 0.05) is 16.2 Å². The van der Waals surface area contributed by atoms with E-state index in [4.69, 9.17) is 4.42 Å². The maximum Gasteiger partial charge on any atom is 0.143 e. The van der Waals surface area contributed by atoms with E-state index in [9.17, 15) is 0 Å². The zero-order chi connectivity index (χ0) is 19.7. The van der Waals surface area contributed by atoms with Crippen LogP contribution in [0.2, 0.25) is 0 Å². The Balaban J connectivity index is 1.61. The normalized spacial score (nSPS) is 12.5. The molecule has 0 spiro atoms. The quantitative estimate of drug-likeness (QED) is 0.280. The van der Waals surface area contributed by atoms with Crippen LogP contribution < -0.4 is 0 Å². The first kappa shape index (κ1) is 16.0. The van der Waals surface area contributed by atoms with Crippen molar-refractivity contribution in [2.75, 3.05) is 0 Å². The molecule has 1 nitrogen and oxygen atoms in total. The Morgan fingerprint density at radius 3 is 2.13 bits per heavy atom. The first-order valence-electron chi connectivity index (χ1n) is 10.4. The van der Waals surface area contributed by atoms with E-state index in [2.05, 4.69) is 97.1 Å². The minimum atomic E-state index is 0.979. The summed E-state index contributed by atoms with van der Waals surface area (Å²) < 4.78 is 6.48. The number of hydrogen-bond donors (Lipinski definition) is 0. The summed E-state index contributed by atoms with van der Waals surface area (Å²) in [6, 6.07) is 34.8. The smallest absolute Gasteiger partial charge is 0.143 e. The maximum atomic E-state index is 6.48. The van der Waals surface area contributed by atoms with E-state index < -0.39 is 0 Å². The Morgan fingerprint density at radius 2 is 1.23 bits per heavy atom. The van der Waals surface area contributed by atoms with Gasteiger partial charge in [-0.15, -0.1) is 0 Å². The van der Waals surface area contributed by atoms with Crippen molar-refractivity contribution in [2.24, 2.45) is 0 Å². The van der Waals surface area contributed by atoms with Gasteiger partial charge >= 0.3 is 0 Å². The van der Waals surface area contributed by atoms with Gasteiger partial charge in [0.05, 0.1) is 0 Å². The monoisotopic (exact) mass is 382 g/mol. The van der Waals surface area contributed by atoms with Crippen LogP contribution in [0.25, 0.3) is 55.0 Å². The van der Waals surface area contributed by atoms with E-state index in [1.165, 1.54) is 54.9 Å². The van der Waals surface area contributed by atoms with Gasteiger partial charge in [0.2, 0.25) is 0 Å². The molecule has 0 amide bonds. The molecule has 1 aliphatic carbocycles. The van der Waals surface area contributed by atoms with Crippen molar-refractivity contribution in [3.63, 3.8) is 0 Å². The Hall–Kier alpha value is -3.84. The molecule has 30 heavy (non-hydrogen) atoms. The molecular formula is C29H18O. The lowest BCUT2D eigenvalue weighted by atomic mass is 9.95. The summed E-state index contributed by atoms with van der Waals surface area (Å²) in [5.74, 6) is 0. The number of benzene rings is 5. The molecule has 1 heterocycles. The van der Waals surface area contributed by atoms with Gasteiger partial charge in [-0.3, -0.25) is 0 Å². The molecule has 0 fully saturated rings. The molecular weight excluding hydrogens is 364 g/mol. The molecule has 0 atom stereocenters. The molecule has 0 saturated heterocycles. The van der Waals surface area contributed by atoms with E-state index in [0.29, 0.717) is 0 Å². The molecule has 6 aromatic rings. The maximum absolute atomic E-state index is 6.48. The largest absolute Gasteiger partial charge is 0.455 e. The highest BCUT2D eigenvalue weighted by Crippen LogP contribution is 2.44. The lowest BCUT2D eigenvalue weighted by molar-refractivity contribution is 0.672. The van der Waals surface area contributed by atoms with E-state index in [1.54, 1.807) is 0 Å². The van der Waals surface area contributed by atoms with Crippen molar-refractivity contribution in [1.82, 2.24) is 0 Å². The van der Waals surface area contributed by atoms with Gasteiger partial charge in [-0.25, -0.2) is 0 Å². The number of rotatable bonds is 1. The van der Waals surface area contributed by atoms with Gasteiger partial charge < -0.3 is 4.42 Å². The second-order valence-electron chi connectivity index (χ2n) is 8.15. The van der Waals surface area contributed by atoms with Crippen molar-refractivity contribution in [3.8, 4) is 22.3 Å². The molecule has 7 rings (SSSR count). The molecule has 0 radical (unpaired) electrons. The number of furan rings is 1. The summed E-state index contributed by atoms with van der Waals surface area (Å²) in [6.07, 6.45) is 0.981. The highest BCUT2D eigenvalue weighted by atomic mass is 16.3. The van der Waals surface area contributed by atoms with Gasteiger partial charge in [-0.2, -0.15) is 0 Å². The van der Waals surface area contributed by atoms with E-state index >= 15 is 0 Å². The van der Waals surface area contributed by atoms with Crippen molar-refractivity contribution in [2.45, 2.75) is 6.42 Å². The Bertz CT molecular complexity index is 1600. The Kier molecular flexibility index (Phi) is 3.12. The molecule has 140 valence electrons. The predicted octanol–water partition coefficient (Wildman–Crippen LogP) is 7.98. The second-order valence-corrected chi connectivity index (χ2v) is 8.15. The van der Waals surface area contributed by atoms with Gasteiger partial charge in [0.25, 0.3) is 0 Å². The fourth-order valence-electron chi connectivity index (χ4n) is 5.08. The van der Waals surface area contributed by atoms with Crippen LogP contribution in [0, 0.1) is 0 Å². The van der Waals surface area contributed by atoms with E-state index in [0.717, 1.165) is 17.6 Å². The number of fused-ring (bicyclic) bond motifs is 8. The van der Waals surface area contributed by atoms with Crippen LogP contribution in [-0.4, -0.2) is 0 Å². The van der Waals surface area contributed by atoms with E-state index in [-0.39, 0.29) is 0 Å². The SMILES string of the molecule is c1ccc(-c2cc3c4cc5c(cc4oc3c3ccccc23)Cc2ccccc2-5)cc1. The van der Waals surface area contributed by atoms with Crippen molar-refractivity contribution < 1.29 is 4.42 Å². The van der Waals surface area contributed by atoms with Crippen LogP contribution in [0.15, 0.2) is 101 Å². The average molecular weight is 382 g/mol. The van der Waals surface area contributed by atoms with E-state index in [1.807, 2.05) is 0 Å². The minimum Gasteiger partial charge on any atom is -0.455 e. The van der Waals surface area contributed by atoms with Crippen LogP contribution in [-0.2, 0) is 6.42 Å². The van der Waals surface area contributed by atoms with Crippen molar-refractivity contribution in [1.29, 1.82) is 0 Å². The summed E-state index contributed by atoms with van der Waals surface area (Å²) in [4.78, 5) is 0. The van der Waals surface area contributed by atoms with Gasteiger partial charge in [-0.1, -0.05) is 78.9 Å². The topological polar surface area (TPSA) is 13.1 Å². The summed E-state index contributed by atoms with van der Waals surface area (Å²) >= 11 is 0. The molecule has 1 aliphatic rings. The zero-order valence-electron chi connectivity index (χ0n) is 16.4. The fourth-order valence-corrected chi connectivity index (χ4v) is 5.08. The van der Waals surface area contributed by atoms with Gasteiger partial charge in [0.15, 0.2) is 0 Å². The zero-order valence-corrected chi connectivity index (χ0v) is 16.4. The summed E-state index contributed by atoms with van der Waals surface area (Å²) in [5.41, 5.74) is 9.90. The summed E-state index contributed by atoms with van der Waals surface area (Å²) in [5, 5.41) is 4.79. The molecule has 0 saturated carbocycles. The predicted molar refractivity (Wildman–Crippen MR) is 125 cm³/mol. The van der Waals surface area contributed by atoms with Crippen LogP contribution >= 0.6 is 0 Å². The van der Waals surface area contributed by atoms with Crippen LogP contribution in [0.5, 0.6) is 0 Å². The average Bonchev–Trinajstić information content (AvgIpc) is 3.35. The summed E-state index contributed by atoms with van der Waals surface area (Å²) in [6.45, 7) is 0. The highest BCUT2D eigenvalue weighted by Gasteiger charge is 2.22.